The van der Waals surface area contributed by atoms with Crippen molar-refractivity contribution in [3.05, 3.63) is 66.5 Å². The second-order valence-corrected chi connectivity index (χ2v) is 5.43. The van der Waals surface area contributed by atoms with Gasteiger partial charge in [0.05, 0.1) is 29.6 Å². The molecule has 0 atom stereocenters. The molecule has 0 aliphatic carbocycles. The van der Waals surface area contributed by atoms with E-state index in [0.29, 0.717) is 18.1 Å². The van der Waals surface area contributed by atoms with Gasteiger partial charge in [0.2, 0.25) is 5.89 Å². The van der Waals surface area contributed by atoms with Crippen LogP contribution in [0.15, 0.2) is 65.3 Å². The molecule has 4 aromatic rings. The van der Waals surface area contributed by atoms with Gasteiger partial charge in [-0.15, -0.1) is 0 Å². The average molecular weight is 333 g/mol. The van der Waals surface area contributed by atoms with Crippen LogP contribution < -0.4 is 0 Å². The van der Waals surface area contributed by atoms with Crippen molar-refractivity contribution in [3.63, 3.8) is 0 Å². The van der Waals surface area contributed by atoms with E-state index in [0.717, 1.165) is 22.4 Å². The Bertz CT molecular complexity index is 1020. The molecular weight excluding hydrogens is 318 g/mol. The summed E-state index contributed by atoms with van der Waals surface area (Å²) in [4.78, 5) is 16.3. The summed E-state index contributed by atoms with van der Waals surface area (Å²) in [6.07, 6.45) is 3.50. The van der Waals surface area contributed by atoms with Crippen molar-refractivity contribution < 1.29 is 13.9 Å². The smallest absolute Gasteiger partial charge is 0.338 e. The van der Waals surface area contributed by atoms with Crippen molar-refractivity contribution in [2.75, 3.05) is 6.61 Å². The minimum atomic E-state index is -0.351. The topological polar surface area (TPSA) is 70.2 Å². The molecule has 0 spiro atoms. The quantitative estimate of drug-likeness (QED) is 0.530. The van der Waals surface area contributed by atoms with Crippen LogP contribution in [0.5, 0.6) is 0 Å². The lowest BCUT2D eigenvalue weighted by molar-refractivity contribution is 0.0526. The molecule has 6 nitrogen and oxygen atoms in total. The third-order valence-corrected chi connectivity index (χ3v) is 3.75. The fraction of sp³-hybridized carbons (Fsp3) is 0.105. The van der Waals surface area contributed by atoms with Crippen molar-refractivity contribution >= 4 is 17.1 Å². The molecule has 0 bridgehead atoms. The van der Waals surface area contributed by atoms with Crippen LogP contribution >= 0.6 is 0 Å². The van der Waals surface area contributed by atoms with Crippen molar-refractivity contribution in [1.29, 1.82) is 0 Å². The monoisotopic (exact) mass is 333 g/mol. The molecule has 124 valence electrons. The minimum absolute atomic E-state index is 0.340. The number of carbonyl (C=O) groups is 1. The number of esters is 1. The molecule has 0 radical (unpaired) electrons. The lowest BCUT2D eigenvalue weighted by Gasteiger charge is -2.05. The van der Waals surface area contributed by atoms with Gasteiger partial charge in [-0.3, -0.25) is 0 Å². The van der Waals surface area contributed by atoms with Crippen molar-refractivity contribution in [2.24, 2.45) is 0 Å². The van der Waals surface area contributed by atoms with Crippen molar-refractivity contribution in [1.82, 2.24) is 14.8 Å². The molecule has 25 heavy (non-hydrogen) atoms. The predicted octanol–water partition coefficient (Wildman–Crippen LogP) is 3.86. The molecule has 0 aliphatic heterocycles. The number of para-hydroxylation sites is 2. The van der Waals surface area contributed by atoms with Gasteiger partial charge in [-0.05, 0) is 37.3 Å². The average Bonchev–Trinajstić information content (AvgIpc) is 3.29. The second-order valence-electron chi connectivity index (χ2n) is 5.43. The molecule has 2 aromatic carbocycles. The molecule has 0 amide bonds. The number of hydrogen-bond donors (Lipinski definition) is 0. The summed E-state index contributed by atoms with van der Waals surface area (Å²) in [6.45, 7) is 2.12. The Morgan fingerprint density at radius 1 is 1.20 bits per heavy atom. The van der Waals surface area contributed by atoms with Gasteiger partial charge in [0.25, 0.3) is 0 Å². The van der Waals surface area contributed by atoms with E-state index >= 15 is 0 Å². The van der Waals surface area contributed by atoms with E-state index < -0.39 is 0 Å². The zero-order valence-corrected chi connectivity index (χ0v) is 13.5. The highest BCUT2D eigenvalue weighted by Crippen LogP contribution is 2.24. The highest BCUT2D eigenvalue weighted by molar-refractivity contribution is 5.90. The number of rotatable bonds is 4. The number of ether oxygens (including phenoxy) is 1. The Hall–Kier alpha value is -3.41. The lowest BCUT2D eigenvalue weighted by atomic mass is 10.2. The van der Waals surface area contributed by atoms with E-state index in [1.807, 2.05) is 36.5 Å². The van der Waals surface area contributed by atoms with Crippen molar-refractivity contribution in [2.45, 2.75) is 6.92 Å². The third-order valence-electron chi connectivity index (χ3n) is 3.75. The molecule has 0 saturated carbocycles. The molecule has 0 fully saturated rings. The predicted molar refractivity (Wildman–Crippen MR) is 92.5 cm³/mol. The van der Waals surface area contributed by atoms with Crippen LogP contribution in [0.25, 0.3) is 28.2 Å². The SMILES string of the molecule is CCOC(=O)c1cccc(-n2cc(-c3nc4ccccc4o3)cn2)c1. The normalized spacial score (nSPS) is 10.9. The highest BCUT2D eigenvalue weighted by Gasteiger charge is 2.12. The molecule has 2 aromatic heterocycles. The summed E-state index contributed by atoms with van der Waals surface area (Å²) in [7, 11) is 0. The van der Waals surface area contributed by atoms with Crippen LogP contribution in [0.1, 0.15) is 17.3 Å². The fourth-order valence-electron chi connectivity index (χ4n) is 2.56. The Balaban J connectivity index is 1.67. The Morgan fingerprint density at radius 3 is 2.92 bits per heavy atom. The molecule has 0 saturated heterocycles. The Labute approximate surface area is 143 Å². The third kappa shape index (κ3) is 2.89. The molecule has 0 N–H and O–H groups in total. The standard InChI is InChI=1S/C19H15N3O3/c1-2-24-19(23)13-6-5-7-15(10-13)22-12-14(11-20-22)18-21-16-8-3-4-9-17(16)25-18/h3-12H,2H2,1H3. The van der Waals surface area contributed by atoms with Gasteiger partial charge < -0.3 is 9.15 Å². The maximum absolute atomic E-state index is 11.9. The van der Waals surface area contributed by atoms with Crippen LogP contribution in [0.4, 0.5) is 0 Å². The fourth-order valence-corrected chi connectivity index (χ4v) is 2.56. The summed E-state index contributed by atoms with van der Waals surface area (Å²) in [5.41, 5.74) is 3.54. The van der Waals surface area contributed by atoms with E-state index in [-0.39, 0.29) is 5.97 Å². The van der Waals surface area contributed by atoms with Gasteiger partial charge in [0.1, 0.15) is 5.52 Å². The van der Waals surface area contributed by atoms with Crippen LogP contribution in [0.3, 0.4) is 0 Å². The van der Waals surface area contributed by atoms with Crippen LogP contribution in [0.2, 0.25) is 0 Å². The van der Waals surface area contributed by atoms with E-state index in [1.165, 1.54) is 0 Å². The van der Waals surface area contributed by atoms with E-state index in [4.69, 9.17) is 9.15 Å². The van der Waals surface area contributed by atoms with Crippen molar-refractivity contribution in [3.8, 4) is 17.1 Å². The van der Waals surface area contributed by atoms with Crippen LogP contribution in [-0.2, 0) is 4.74 Å². The maximum atomic E-state index is 11.9. The number of carbonyl (C=O) groups excluding carboxylic acids is 1. The Kier molecular flexibility index (Phi) is 3.78. The molecule has 2 heterocycles. The summed E-state index contributed by atoms with van der Waals surface area (Å²) in [5.74, 6) is 0.157. The van der Waals surface area contributed by atoms with Gasteiger partial charge in [-0.2, -0.15) is 5.10 Å². The zero-order chi connectivity index (χ0) is 17.2. The first-order valence-corrected chi connectivity index (χ1v) is 7.93. The minimum Gasteiger partial charge on any atom is -0.462 e. The molecule has 0 unspecified atom stereocenters. The lowest BCUT2D eigenvalue weighted by Crippen LogP contribution is -2.05. The second kappa shape index (κ2) is 6.24. The molecule has 6 heteroatoms. The number of aromatic nitrogens is 3. The van der Waals surface area contributed by atoms with Gasteiger partial charge in [0.15, 0.2) is 5.58 Å². The summed E-state index contributed by atoms with van der Waals surface area (Å²) in [6, 6.07) is 14.7. The van der Waals surface area contributed by atoms with E-state index in [9.17, 15) is 4.79 Å². The number of fused-ring (bicyclic) bond motifs is 1. The van der Waals surface area contributed by atoms with Gasteiger partial charge in [0, 0.05) is 6.20 Å². The number of hydrogen-bond acceptors (Lipinski definition) is 5. The van der Waals surface area contributed by atoms with Gasteiger partial charge in [-0.25, -0.2) is 14.5 Å². The van der Waals surface area contributed by atoms with E-state index in [1.54, 1.807) is 36.0 Å². The number of oxazole rings is 1. The number of benzene rings is 2. The van der Waals surface area contributed by atoms with Crippen LogP contribution in [0, 0.1) is 0 Å². The molecule has 4 rings (SSSR count). The zero-order valence-electron chi connectivity index (χ0n) is 13.5. The largest absolute Gasteiger partial charge is 0.462 e. The number of nitrogens with zero attached hydrogens (tertiary/aromatic N) is 3. The molecule has 0 aliphatic rings. The summed E-state index contributed by atoms with van der Waals surface area (Å²) < 4.78 is 12.5. The highest BCUT2D eigenvalue weighted by atomic mass is 16.5. The summed E-state index contributed by atoms with van der Waals surface area (Å²) in [5, 5.41) is 4.34. The van der Waals surface area contributed by atoms with Gasteiger partial charge in [-0.1, -0.05) is 18.2 Å². The first-order valence-electron chi connectivity index (χ1n) is 7.93. The van der Waals surface area contributed by atoms with Crippen LogP contribution in [-0.4, -0.2) is 27.3 Å². The first-order chi connectivity index (χ1) is 12.2. The molecular formula is C19H15N3O3. The summed E-state index contributed by atoms with van der Waals surface area (Å²) >= 11 is 0. The first kappa shape index (κ1) is 15.1. The van der Waals surface area contributed by atoms with Gasteiger partial charge >= 0.3 is 5.97 Å². The van der Waals surface area contributed by atoms with E-state index in [2.05, 4.69) is 10.1 Å². The maximum Gasteiger partial charge on any atom is 0.338 e. The Morgan fingerprint density at radius 2 is 2.08 bits per heavy atom.